The molecule has 0 aliphatic carbocycles. The fourth-order valence-electron chi connectivity index (χ4n) is 1.75. The van der Waals surface area contributed by atoms with Gasteiger partial charge in [0.05, 0.1) is 0 Å². The highest BCUT2D eigenvalue weighted by molar-refractivity contribution is 9.10. The molecule has 0 saturated heterocycles. The van der Waals surface area contributed by atoms with Gasteiger partial charge < -0.3 is 10.6 Å². The zero-order valence-electron chi connectivity index (χ0n) is 9.73. The second-order valence-electron chi connectivity index (χ2n) is 4.00. The highest BCUT2D eigenvalue weighted by Crippen LogP contribution is 2.25. The molecular weight excluding hydrogens is 276 g/mol. The Kier molecular flexibility index (Phi) is 3.69. The van der Waals surface area contributed by atoms with Gasteiger partial charge in [-0.1, -0.05) is 40.2 Å². The number of nitrogen functional groups attached to an aromatic ring is 1. The zero-order chi connectivity index (χ0) is 12.3. The van der Waals surface area contributed by atoms with Gasteiger partial charge in [0.2, 0.25) is 0 Å². The molecule has 0 atom stereocenters. The number of para-hydroxylation sites is 1. The molecule has 88 valence electrons. The van der Waals surface area contributed by atoms with Crippen molar-refractivity contribution >= 4 is 27.3 Å². The molecule has 0 aromatic heterocycles. The Balaban J connectivity index is 2.22. The fraction of sp³-hybridized carbons (Fsp3) is 0.143. The van der Waals surface area contributed by atoms with Gasteiger partial charge in [-0.25, -0.2) is 0 Å². The van der Waals surface area contributed by atoms with Crippen LogP contribution in [0.25, 0.3) is 0 Å². The SMILES string of the molecule is CN(Cc1c(N)cccc1Br)c1ccccc1. The van der Waals surface area contributed by atoms with Gasteiger partial charge in [0.15, 0.2) is 0 Å². The smallest absolute Gasteiger partial charge is 0.0457 e. The van der Waals surface area contributed by atoms with Crippen LogP contribution in [0.1, 0.15) is 5.56 Å². The van der Waals surface area contributed by atoms with Crippen molar-refractivity contribution in [2.75, 3.05) is 17.7 Å². The Morgan fingerprint density at radius 2 is 1.76 bits per heavy atom. The number of nitrogens with two attached hydrogens (primary N) is 1. The van der Waals surface area contributed by atoms with Gasteiger partial charge in [-0.2, -0.15) is 0 Å². The number of rotatable bonds is 3. The van der Waals surface area contributed by atoms with Crippen molar-refractivity contribution in [2.45, 2.75) is 6.54 Å². The summed E-state index contributed by atoms with van der Waals surface area (Å²) in [7, 11) is 2.06. The Morgan fingerprint density at radius 3 is 2.41 bits per heavy atom. The number of benzene rings is 2. The summed E-state index contributed by atoms with van der Waals surface area (Å²) < 4.78 is 1.06. The lowest BCUT2D eigenvalue weighted by atomic mass is 10.1. The van der Waals surface area contributed by atoms with Crippen LogP contribution in [-0.2, 0) is 6.54 Å². The van der Waals surface area contributed by atoms with Crippen LogP contribution in [0.4, 0.5) is 11.4 Å². The van der Waals surface area contributed by atoms with Gasteiger partial charge in [0.25, 0.3) is 0 Å². The summed E-state index contributed by atoms with van der Waals surface area (Å²) in [4.78, 5) is 2.18. The molecule has 0 heterocycles. The number of anilines is 2. The first-order valence-corrected chi connectivity index (χ1v) is 6.27. The molecule has 17 heavy (non-hydrogen) atoms. The van der Waals surface area contributed by atoms with Gasteiger partial charge in [-0.3, -0.25) is 0 Å². The van der Waals surface area contributed by atoms with E-state index >= 15 is 0 Å². The van der Waals surface area contributed by atoms with Crippen LogP contribution in [0.15, 0.2) is 53.0 Å². The maximum absolute atomic E-state index is 5.99. The van der Waals surface area contributed by atoms with Crippen LogP contribution in [0, 0.1) is 0 Å². The predicted molar refractivity (Wildman–Crippen MR) is 77.1 cm³/mol. The van der Waals surface area contributed by atoms with Crippen molar-refractivity contribution in [3.8, 4) is 0 Å². The molecule has 0 fully saturated rings. The Bertz CT molecular complexity index is 477. The summed E-state index contributed by atoms with van der Waals surface area (Å²) in [6.45, 7) is 0.789. The molecule has 2 aromatic carbocycles. The quantitative estimate of drug-likeness (QED) is 0.874. The standard InChI is InChI=1S/C14H15BrN2/c1-17(11-6-3-2-4-7-11)10-12-13(15)8-5-9-14(12)16/h2-9H,10,16H2,1H3. The third-order valence-electron chi connectivity index (χ3n) is 2.75. The van der Waals surface area contributed by atoms with E-state index in [1.807, 2.05) is 36.4 Å². The zero-order valence-corrected chi connectivity index (χ0v) is 11.3. The van der Waals surface area contributed by atoms with Crippen LogP contribution in [-0.4, -0.2) is 7.05 Å². The van der Waals surface area contributed by atoms with Crippen molar-refractivity contribution in [3.05, 3.63) is 58.6 Å². The molecule has 0 aliphatic heterocycles. The van der Waals surface area contributed by atoms with E-state index in [1.165, 1.54) is 5.69 Å². The molecule has 2 nitrogen and oxygen atoms in total. The van der Waals surface area contributed by atoms with Crippen molar-refractivity contribution in [1.29, 1.82) is 0 Å². The van der Waals surface area contributed by atoms with Crippen molar-refractivity contribution in [1.82, 2.24) is 0 Å². The van der Waals surface area contributed by atoms with Gasteiger partial charge in [-0.05, 0) is 24.3 Å². The molecule has 0 unspecified atom stereocenters. The van der Waals surface area contributed by atoms with Crippen molar-refractivity contribution in [3.63, 3.8) is 0 Å². The van der Waals surface area contributed by atoms with E-state index in [9.17, 15) is 0 Å². The molecule has 0 spiro atoms. The molecule has 0 amide bonds. The Morgan fingerprint density at radius 1 is 1.06 bits per heavy atom. The average molecular weight is 291 g/mol. The van der Waals surface area contributed by atoms with Crippen molar-refractivity contribution in [2.24, 2.45) is 0 Å². The van der Waals surface area contributed by atoms with Gasteiger partial charge in [0, 0.05) is 35.0 Å². The largest absolute Gasteiger partial charge is 0.398 e. The van der Waals surface area contributed by atoms with Crippen LogP contribution >= 0.6 is 15.9 Å². The van der Waals surface area contributed by atoms with E-state index in [1.54, 1.807) is 0 Å². The number of nitrogens with zero attached hydrogens (tertiary/aromatic N) is 1. The normalized spacial score (nSPS) is 10.2. The molecule has 3 heteroatoms. The minimum Gasteiger partial charge on any atom is -0.398 e. The first-order chi connectivity index (χ1) is 8.18. The summed E-state index contributed by atoms with van der Waals surface area (Å²) >= 11 is 3.54. The topological polar surface area (TPSA) is 29.3 Å². The van der Waals surface area contributed by atoms with E-state index in [-0.39, 0.29) is 0 Å². The molecule has 0 radical (unpaired) electrons. The van der Waals surface area contributed by atoms with E-state index < -0.39 is 0 Å². The van der Waals surface area contributed by atoms with Gasteiger partial charge >= 0.3 is 0 Å². The number of hydrogen-bond donors (Lipinski definition) is 1. The minimum atomic E-state index is 0.789. The molecule has 2 rings (SSSR count). The Labute approximate surface area is 110 Å². The predicted octanol–water partition coefficient (Wildman–Crippen LogP) is 3.67. The summed E-state index contributed by atoms with van der Waals surface area (Å²) in [5, 5.41) is 0. The van der Waals surface area contributed by atoms with E-state index in [0.717, 1.165) is 22.3 Å². The molecule has 0 bridgehead atoms. The average Bonchev–Trinajstić information content (AvgIpc) is 2.35. The third-order valence-corrected chi connectivity index (χ3v) is 3.49. The van der Waals surface area contributed by atoms with Crippen LogP contribution in [0.5, 0.6) is 0 Å². The van der Waals surface area contributed by atoms with Crippen LogP contribution in [0.2, 0.25) is 0 Å². The molecular formula is C14H15BrN2. The second kappa shape index (κ2) is 5.23. The summed E-state index contributed by atoms with van der Waals surface area (Å²) in [6.07, 6.45) is 0. The van der Waals surface area contributed by atoms with Crippen LogP contribution < -0.4 is 10.6 Å². The summed E-state index contributed by atoms with van der Waals surface area (Å²) in [5.74, 6) is 0. The van der Waals surface area contributed by atoms with E-state index in [4.69, 9.17) is 5.73 Å². The van der Waals surface area contributed by atoms with E-state index in [2.05, 4.69) is 40.0 Å². The first kappa shape index (κ1) is 12.0. The third kappa shape index (κ3) is 2.80. The highest BCUT2D eigenvalue weighted by atomic mass is 79.9. The molecule has 0 aliphatic rings. The van der Waals surface area contributed by atoms with Gasteiger partial charge in [0.1, 0.15) is 0 Å². The number of hydrogen-bond acceptors (Lipinski definition) is 2. The molecule has 0 saturated carbocycles. The van der Waals surface area contributed by atoms with E-state index in [0.29, 0.717) is 0 Å². The maximum atomic E-state index is 5.99. The fourth-order valence-corrected chi connectivity index (χ4v) is 2.26. The monoisotopic (exact) mass is 290 g/mol. The van der Waals surface area contributed by atoms with Crippen LogP contribution in [0.3, 0.4) is 0 Å². The summed E-state index contributed by atoms with van der Waals surface area (Å²) in [5.41, 5.74) is 9.12. The van der Waals surface area contributed by atoms with Gasteiger partial charge in [-0.15, -0.1) is 0 Å². The first-order valence-electron chi connectivity index (χ1n) is 5.47. The second-order valence-corrected chi connectivity index (χ2v) is 4.85. The highest BCUT2D eigenvalue weighted by Gasteiger charge is 2.07. The summed E-state index contributed by atoms with van der Waals surface area (Å²) in [6, 6.07) is 16.2. The Hall–Kier alpha value is -1.48. The van der Waals surface area contributed by atoms with Crippen molar-refractivity contribution < 1.29 is 0 Å². The lowest BCUT2D eigenvalue weighted by Gasteiger charge is -2.21. The lowest BCUT2D eigenvalue weighted by molar-refractivity contribution is 0.921. The lowest BCUT2D eigenvalue weighted by Crippen LogP contribution is -2.17. The molecule has 2 aromatic rings. The maximum Gasteiger partial charge on any atom is 0.0457 e. The minimum absolute atomic E-state index is 0.789. The molecule has 2 N–H and O–H groups in total. The number of halogens is 1.